The van der Waals surface area contributed by atoms with Gasteiger partial charge in [-0.25, -0.2) is 0 Å². The summed E-state index contributed by atoms with van der Waals surface area (Å²) in [5.41, 5.74) is 1.43. The van der Waals surface area contributed by atoms with E-state index in [2.05, 4.69) is 11.5 Å². The van der Waals surface area contributed by atoms with Gasteiger partial charge in [0, 0.05) is 18.8 Å². The summed E-state index contributed by atoms with van der Waals surface area (Å²) in [6, 6.07) is 0. The van der Waals surface area contributed by atoms with Gasteiger partial charge in [-0.3, -0.25) is 0 Å². The van der Waals surface area contributed by atoms with Crippen LogP contribution in [-0.2, 0) is 0 Å². The summed E-state index contributed by atoms with van der Waals surface area (Å²) < 4.78 is 0. The van der Waals surface area contributed by atoms with Crippen molar-refractivity contribution in [3.63, 3.8) is 0 Å². The molecule has 1 heterocycles. The van der Waals surface area contributed by atoms with Crippen LogP contribution in [-0.4, -0.2) is 18.0 Å². The highest BCUT2D eigenvalue weighted by Crippen LogP contribution is 2.30. The first-order valence-electron chi connectivity index (χ1n) is 6.29. The van der Waals surface area contributed by atoms with Crippen LogP contribution in [0, 0.1) is 5.92 Å². The van der Waals surface area contributed by atoms with E-state index >= 15 is 0 Å². The molecule has 1 aliphatic carbocycles. The average Bonchev–Trinajstić information content (AvgIpc) is 2.72. The molecule has 2 rings (SSSR count). The molecule has 1 heteroatoms. The third-order valence-electron chi connectivity index (χ3n) is 3.80. The quantitative estimate of drug-likeness (QED) is 0.662. The first-order chi connectivity index (χ1) is 6.86. The van der Waals surface area contributed by atoms with Gasteiger partial charge in [-0.15, -0.1) is 0 Å². The second kappa shape index (κ2) is 4.86. The third-order valence-corrected chi connectivity index (χ3v) is 3.80. The van der Waals surface area contributed by atoms with E-state index in [0.717, 1.165) is 5.92 Å². The van der Waals surface area contributed by atoms with Crippen molar-refractivity contribution in [2.75, 3.05) is 13.1 Å². The van der Waals surface area contributed by atoms with Crippen molar-refractivity contribution in [3.05, 3.63) is 12.3 Å². The monoisotopic (exact) mass is 193 g/mol. The molecule has 0 aromatic rings. The molecule has 0 N–H and O–H groups in total. The van der Waals surface area contributed by atoms with Gasteiger partial charge in [-0.1, -0.05) is 38.7 Å². The molecule has 1 aliphatic heterocycles. The molecule has 1 nitrogen and oxygen atoms in total. The van der Waals surface area contributed by atoms with Crippen molar-refractivity contribution in [1.29, 1.82) is 0 Å². The number of rotatable bonds is 3. The molecule has 1 saturated carbocycles. The second-order valence-corrected chi connectivity index (χ2v) is 4.97. The second-order valence-electron chi connectivity index (χ2n) is 4.97. The van der Waals surface area contributed by atoms with Gasteiger partial charge in [0.25, 0.3) is 0 Å². The number of hydrogen-bond acceptors (Lipinski definition) is 1. The predicted molar refractivity (Wildman–Crippen MR) is 61.1 cm³/mol. The largest absolute Gasteiger partial charge is 0.375 e. The van der Waals surface area contributed by atoms with E-state index in [0.29, 0.717) is 0 Å². The zero-order valence-corrected chi connectivity index (χ0v) is 9.30. The molecule has 0 aromatic carbocycles. The minimum atomic E-state index is 0.955. The minimum Gasteiger partial charge on any atom is -0.375 e. The molecule has 0 radical (unpaired) electrons. The molecule has 80 valence electrons. The first kappa shape index (κ1) is 10.1. The van der Waals surface area contributed by atoms with Crippen molar-refractivity contribution in [2.45, 2.75) is 51.4 Å². The summed E-state index contributed by atoms with van der Waals surface area (Å²) in [7, 11) is 0. The molecule has 14 heavy (non-hydrogen) atoms. The maximum absolute atomic E-state index is 4.26. The molecule has 0 spiro atoms. The predicted octanol–water partition coefficient (Wildman–Crippen LogP) is 3.57. The fraction of sp³-hybridized carbons (Fsp3) is 0.846. The smallest absolute Gasteiger partial charge is 0.0175 e. The molecule has 2 fully saturated rings. The topological polar surface area (TPSA) is 3.24 Å². The highest BCUT2D eigenvalue weighted by molar-refractivity contribution is 4.97. The Balaban J connectivity index is 1.75. The highest BCUT2D eigenvalue weighted by atomic mass is 15.1. The number of allylic oxidation sites excluding steroid dienone is 1. The normalized spacial score (nSPS) is 24.1. The van der Waals surface area contributed by atoms with Crippen LogP contribution in [0.1, 0.15) is 51.4 Å². The lowest BCUT2D eigenvalue weighted by atomic mass is 9.86. The van der Waals surface area contributed by atoms with Crippen LogP contribution in [0.25, 0.3) is 0 Å². The Bertz CT molecular complexity index is 185. The van der Waals surface area contributed by atoms with E-state index in [1.807, 2.05) is 0 Å². The number of nitrogens with zero attached hydrogens (tertiary/aromatic N) is 1. The molecule has 0 unspecified atom stereocenters. The van der Waals surface area contributed by atoms with Gasteiger partial charge in [0.15, 0.2) is 0 Å². The Morgan fingerprint density at radius 3 is 2.29 bits per heavy atom. The molecule has 0 atom stereocenters. The number of hydrogen-bond donors (Lipinski definition) is 0. The zero-order valence-electron chi connectivity index (χ0n) is 9.30. The van der Waals surface area contributed by atoms with Crippen LogP contribution in [0.3, 0.4) is 0 Å². The third kappa shape index (κ3) is 2.52. The fourth-order valence-electron chi connectivity index (χ4n) is 2.89. The van der Waals surface area contributed by atoms with Gasteiger partial charge in [0.05, 0.1) is 0 Å². The van der Waals surface area contributed by atoms with Gasteiger partial charge in [0.1, 0.15) is 0 Å². The summed E-state index contributed by atoms with van der Waals surface area (Å²) in [5.74, 6) is 0.955. The van der Waals surface area contributed by atoms with E-state index < -0.39 is 0 Å². The maximum atomic E-state index is 4.26. The van der Waals surface area contributed by atoms with E-state index in [1.165, 1.54) is 70.2 Å². The summed E-state index contributed by atoms with van der Waals surface area (Å²) in [6.07, 6.45) is 11.3. The van der Waals surface area contributed by atoms with Gasteiger partial charge < -0.3 is 4.90 Å². The van der Waals surface area contributed by atoms with Crippen LogP contribution in [0.15, 0.2) is 12.3 Å². The standard InChI is InChI=1S/C13H23N/c1-12(14-9-5-6-10-14)11-13-7-3-2-4-8-13/h13H,1-11H2. The Kier molecular flexibility index (Phi) is 3.49. The fourth-order valence-corrected chi connectivity index (χ4v) is 2.89. The first-order valence-corrected chi connectivity index (χ1v) is 6.29. The van der Waals surface area contributed by atoms with Crippen molar-refractivity contribution < 1.29 is 0 Å². The van der Waals surface area contributed by atoms with Gasteiger partial charge in [-0.05, 0) is 25.2 Å². The molecule has 0 aromatic heterocycles. The molecule has 2 aliphatic rings. The molecule has 0 amide bonds. The SMILES string of the molecule is C=C(CC1CCCCC1)N1CCCC1. The lowest BCUT2D eigenvalue weighted by molar-refractivity contribution is 0.315. The lowest BCUT2D eigenvalue weighted by Gasteiger charge is -2.27. The van der Waals surface area contributed by atoms with Gasteiger partial charge >= 0.3 is 0 Å². The lowest BCUT2D eigenvalue weighted by Crippen LogP contribution is -2.20. The van der Waals surface area contributed by atoms with E-state index in [1.54, 1.807) is 0 Å². The van der Waals surface area contributed by atoms with Gasteiger partial charge in [0.2, 0.25) is 0 Å². The number of likely N-dealkylation sites (tertiary alicyclic amines) is 1. The summed E-state index contributed by atoms with van der Waals surface area (Å²) >= 11 is 0. The average molecular weight is 193 g/mol. The van der Waals surface area contributed by atoms with Crippen LogP contribution >= 0.6 is 0 Å². The van der Waals surface area contributed by atoms with E-state index in [4.69, 9.17) is 0 Å². The van der Waals surface area contributed by atoms with Gasteiger partial charge in [-0.2, -0.15) is 0 Å². The van der Waals surface area contributed by atoms with Crippen molar-refractivity contribution >= 4 is 0 Å². The minimum absolute atomic E-state index is 0.955. The molecular formula is C13H23N. The van der Waals surface area contributed by atoms with Crippen molar-refractivity contribution in [1.82, 2.24) is 4.90 Å². The Morgan fingerprint density at radius 2 is 1.64 bits per heavy atom. The van der Waals surface area contributed by atoms with Crippen LogP contribution < -0.4 is 0 Å². The van der Waals surface area contributed by atoms with Crippen molar-refractivity contribution in [3.8, 4) is 0 Å². The van der Waals surface area contributed by atoms with E-state index in [-0.39, 0.29) is 0 Å². The molecular weight excluding hydrogens is 170 g/mol. The van der Waals surface area contributed by atoms with Crippen LogP contribution in [0.2, 0.25) is 0 Å². The van der Waals surface area contributed by atoms with E-state index in [9.17, 15) is 0 Å². The molecule has 0 bridgehead atoms. The summed E-state index contributed by atoms with van der Waals surface area (Å²) in [4.78, 5) is 2.51. The molecule has 1 saturated heterocycles. The van der Waals surface area contributed by atoms with Crippen LogP contribution in [0.4, 0.5) is 0 Å². The maximum Gasteiger partial charge on any atom is 0.0175 e. The summed E-state index contributed by atoms with van der Waals surface area (Å²) in [5, 5.41) is 0. The summed E-state index contributed by atoms with van der Waals surface area (Å²) in [6.45, 7) is 6.80. The zero-order chi connectivity index (χ0) is 9.80. The Morgan fingerprint density at radius 1 is 1.00 bits per heavy atom. The van der Waals surface area contributed by atoms with Crippen molar-refractivity contribution in [2.24, 2.45) is 5.92 Å². The highest BCUT2D eigenvalue weighted by Gasteiger charge is 2.18. The Labute approximate surface area is 88.2 Å². The Hall–Kier alpha value is -0.460. The van der Waals surface area contributed by atoms with Crippen LogP contribution in [0.5, 0.6) is 0 Å².